The van der Waals surface area contributed by atoms with Crippen molar-refractivity contribution in [2.45, 2.75) is 12.6 Å². The van der Waals surface area contributed by atoms with Gasteiger partial charge in [0.1, 0.15) is 23.5 Å². The summed E-state index contributed by atoms with van der Waals surface area (Å²) < 4.78 is 18.6. The molecule has 2 amide bonds. The standard InChI is InChI=1S/C19H15FN6O3/c20-12-3-9(12)19(28)26-15-2-8-1-13(25-18(21)10(8)5-23-15)11-4-22-6-14-17(11)29-7-16(27)24-14/h1-2,4-6,9,12H,3,7H2,(H2,21,25)(H,24,27)(H,23,26,28). The van der Waals surface area contributed by atoms with E-state index in [1.54, 1.807) is 18.3 Å². The van der Waals surface area contributed by atoms with E-state index in [2.05, 4.69) is 25.6 Å². The lowest BCUT2D eigenvalue weighted by Gasteiger charge is -2.20. The van der Waals surface area contributed by atoms with E-state index in [1.165, 1.54) is 12.4 Å². The van der Waals surface area contributed by atoms with Crippen molar-refractivity contribution in [3.05, 3.63) is 30.7 Å². The van der Waals surface area contributed by atoms with Gasteiger partial charge >= 0.3 is 0 Å². The topological polar surface area (TPSA) is 132 Å². The summed E-state index contributed by atoms with van der Waals surface area (Å²) in [4.78, 5) is 36.2. The Bertz CT molecular complexity index is 1180. The maximum absolute atomic E-state index is 13.1. The molecule has 3 aromatic rings. The van der Waals surface area contributed by atoms with Crippen LogP contribution in [-0.4, -0.2) is 39.5 Å². The van der Waals surface area contributed by atoms with Crippen LogP contribution >= 0.6 is 0 Å². The lowest BCUT2D eigenvalue weighted by molar-refractivity contribution is -0.119. The maximum atomic E-state index is 13.1. The molecule has 0 saturated heterocycles. The van der Waals surface area contributed by atoms with E-state index < -0.39 is 18.0 Å². The van der Waals surface area contributed by atoms with Gasteiger partial charge in [0.2, 0.25) is 5.91 Å². The van der Waals surface area contributed by atoms with Crippen molar-refractivity contribution in [1.82, 2.24) is 15.0 Å². The highest BCUT2D eigenvalue weighted by molar-refractivity contribution is 6.00. The third kappa shape index (κ3) is 3.08. The SMILES string of the molecule is Nc1nc(-c2cncc3c2OCC(=O)N3)cc2cc(NC(=O)C3CC3F)ncc12. The van der Waals surface area contributed by atoms with Crippen LogP contribution in [0.1, 0.15) is 6.42 Å². The number of halogens is 1. The highest BCUT2D eigenvalue weighted by Gasteiger charge is 2.43. The summed E-state index contributed by atoms with van der Waals surface area (Å²) in [7, 11) is 0. The van der Waals surface area contributed by atoms with Crippen molar-refractivity contribution in [2.75, 3.05) is 23.0 Å². The van der Waals surface area contributed by atoms with Crippen LogP contribution in [-0.2, 0) is 9.59 Å². The smallest absolute Gasteiger partial charge is 0.262 e. The Morgan fingerprint density at radius 3 is 2.93 bits per heavy atom. The predicted molar refractivity (Wildman–Crippen MR) is 103 cm³/mol. The molecule has 0 radical (unpaired) electrons. The first-order valence-electron chi connectivity index (χ1n) is 8.92. The largest absolute Gasteiger partial charge is 0.481 e. The number of nitrogens with two attached hydrogens (primary N) is 1. The van der Waals surface area contributed by atoms with Crippen molar-refractivity contribution in [1.29, 1.82) is 0 Å². The first-order valence-corrected chi connectivity index (χ1v) is 8.92. The molecule has 0 aromatic carbocycles. The first kappa shape index (κ1) is 17.3. The van der Waals surface area contributed by atoms with E-state index in [4.69, 9.17) is 10.5 Å². The molecule has 9 nitrogen and oxygen atoms in total. The molecule has 3 aromatic heterocycles. The third-order valence-electron chi connectivity index (χ3n) is 4.84. The minimum absolute atomic E-state index is 0.107. The number of hydrogen-bond acceptors (Lipinski definition) is 7. The summed E-state index contributed by atoms with van der Waals surface area (Å²) in [6.07, 6.45) is 3.73. The quantitative estimate of drug-likeness (QED) is 0.618. The van der Waals surface area contributed by atoms with Crippen molar-refractivity contribution < 1.29 is 18.7 Å². The molecule has 10 heteroatoms. The molecule has 5 rings (SSSR count). The van der Waals surface area contributed by atoms with Crippen LogP contribution in [0, 0.1) is 5.92 Å². The van der Waals surface area contributed by atoms with Crippen molar-refractivity contribution >= 4 is 39.9 Å². The van der Waals surface area contributed by atoms with Gasteiger partial charge in [0.05, 0.1) is 23.4 Å². The van der Waals surface area contributed by atoms with Crippen LogP contribution in [0.2, 0.25) is 0 Å². The van der Waals surface area contributed by atoms with Gasteiger partial charge in [0.25, 0.3) is 5.91 Å². The number of ether oxygens (including phenoxy) is 1. The number of pyridine rings is 3. The third-order valence-corrected chi connectivity index (χ3v) is 4.84. The molecule has 1 aliphatic carbocycles. The van der Waals surface area contributed by atoms with E-state index in [0.717, 1.165) is 0 Å². The zero-order valence-electron chi connectivity index (χ0n) is 15.0. The molecule has 146 valence electrons. The molecule has 2 aliphatic rings. The lowest BCUT2D eigenvalue weighted by atomic mass is 10.1. The number of carbonyl (C=O) groups excluding carboxylic acids is 2. The second-order valence-electron chi connectivity index (χ2n) is 6.93. The Balaban J connectivity index is 1.55. The lowest BCUT2D eigenvalue weighted by Crippen LogP contribution is -2.25. The van der Waals surface area contributed by atoms with Gasteiger partial charge in [-0.25, -0.2) is 14.4 Å². The van der Waals surface area contributed by atoms with Gasteiger partial charge in [0, 0.05) is 17.8 Å². The molecule has 2 unspecified atom stereocenters. The molecule has 4 N–H and O–H groups in total. The molecule has 1 saturated carbocycles. The molecule has 2 atom stereocenters. The zero-order valence-corrected chi connectivity index (χ0v) is 15.0. The second-order valence-corrected chi connectivity index (χ2v) is 6.93. The minimum atomic E-state index is -1.08. The number of rotatable bonds is 3. The number of nitrogens with one attached hydrogen (secondary N) is 2. The number of nitrogen functional groups attached to an aromatic ring is 1. The van der Waals surface area contributed by atoms with Crippen LogP contribution < -0.4 is 21.1 Å². The summed E-state index contributed by atoms with van der Waals surface area (Å²) in [6, 6.07) is 3.41. The normalized spacial score (nSPS) is 19.8. The first-order chi connectivity index (χ1) is 14.0. The number of fused-ring (bicyclic) bond motifs is 2. The number of nitrogens with zero attached hydrogens (tertiary/aromatic N) is 3. The van der Waals surface area contributed by atoms with Crippen LogP contribution in [0.5, 0.6) is 5.75 Å². The molecule has 29 heavy (non-hydrogen) atoms. The molecule has 1 fully saturated rings. The summed E-state index contributed by atoms with van der Waals surface area (Å²) in [5, 5.41) is 6.61. The zero-order chi connectivity index (χ0) is 20.1. The Morgan fingerprint density at radius 1 is 1.31 bits per heavy atom. The van der Waals surface area contributed by atoms with Crippen molar-refractivity contribution in [3.8, 4) is 17.0 Å². The predicted octanol–water partition coefficient (Wildman–Crippen LogP) is 1.90. The fourth-order valence-electron chi connectivity index (χ4n) is 3.23. The van der Waals surface area contributed by atoms with Gasteiger partial charge in [-0.2, -0.15) is 0 Å². The van der Waals surface area contributed by atoms with E-state index in [9.17, 15) is 14.0 Å². The highest BCUT2D eigenvalue weighted by atomic mass is 19.1. The molecular formula is C19H15FN6O3. The number of carbonyl (C=O) groups is 2. The van der Waals surface area contributed by atoms with E-state index in [0.29, 0.717) is 39.3 Å². The fraction of sp³-hybridized carbons (Fsp3) is 0.211. The number of amides is 2. The van der Waals surface area contributed by atoms with Crippen molar-refractivity contribution in [2.24, 2.45) is 5.92 Å². The molecule has 0 spiro atoms. The Hall–Kier alpha value is -3.82. The van der Waals surface area contributed by atoms with Crippen LogP contribution in [0.3, 0.4) is 0 Å². The maximum Gasteiger partial charge on any atom is 0.262 e. The van der Waals surface area contributed by atoms with Gasteiger partial charge in [-0.05, 0) is 23.9 Å². The van der Waals surface area contributed by atoms with Crippen LogP contribution in [0.15, 0.2) is 30.7 Å². The number of alkyl halides is 1. The van der Waals surface area contributed by atoms with Crippen LogP contribution in [0.25, 0.3) is 22.0 Å². The second kappa shape index (κ2) is 6.36. The van der Waals surface area contributed by atoms with Gasteiger partial charge in [-0.1, -0.05) is 0 Å². The number of hydrogen-bond donors (Lipinski definition) is 3. The monoisotopic (exact) mass is 394 g/mol. The Morgan fingerprint density at radius 2 is 2.14 bits per heavy atom. The molecule has 1 aliphatic heterocycles. The number of anilines is 3. The minimum Gasteiger partial charge on any atom is -0.481 e. The van der Waals surface area contributed by atoms with E-state index in [1.807, 2.05) is 0 Å². The average molecular weight is 394 g/mol. The highest BCUT2D eigenvalue weighted by Crippen LogP contribution is 2.38. The summed E-state index contributed by atoms with van der Waals surface area (Å²) >= 11 is 0. The summed E-state index contributed by atoms with van der Waals surface area (Å²) in [5.74, 6) is -0.269. The van der Waals surface area contributed by atoms with Gasteiger partial charge < -0.3 is 21.1 Å². The summed E-state index contributed by atoms with van der Waals surface area (Å²) in [6.45, 7) is -0.107. The van der Waals surface area contributed by atoms with Gasteiger partial charge in [-0.3, -0.25) is 14.6 Å². The average Bonchev–Trinajstić information content (AvgIpc) is 3.44. The Kier molecular flexibility index (Phi) is 3.79. The summed E-state index contributed by atoms with van der Waals surface area (Å²) in [5.41, 5.74) is 7.61. The van der Waals surface area contributed by atoms with Gasteiger partial charge in [0.15, 0.2) is 12.4 Å². The molecule has 0 bridgehead atoms. The van der Waals surface area contributed by atoms with Crippen LogP contribution in [0.4, 0.5) is 21.7 Å². The number of aromatic nitrogens is 3. The molecular weight excluding hydrogens is 379 g/mol. The molecule has 4 heterocycles. The fourth-order valence-corrected chi connectivity index (χ4v) is 3.23. The van der Waals surface area contributed by atoms with E-state index >= 15 is 0 Å². The Labute approximate surface area is 163 Å². The van der Waals surface area contributed by atoms with Gasteiger partial charge in [-0.15, -0.1) is 0 Å². The van der Waals surface area contributed by atoms with Crippen molar-refractivity contribution in [3.63, 3.8) is 0 Å². The van der Waals surface area contributed by atoms with E-state index in [-0.39, 0.29) is 24.8 Å².